The monoisotopic (exact) mass is 316 g/mol. The van der Waals surface area contributed by atoms with Crippen LogP contribution in [0.5, 0.6) is 0 Å². The molecule has 0 aliphatic heterocycles. The molecule has 0 fully saturated rings. The Bertz CT molecular complexity index is 560. The highest BCUT2D eigenvalue weighted by Gasteiger charge is 2.34. The van der Waals surface area contributed by atoms with Gasteiger partial charge in [-0.15, -0.1) is 0 Å². The van der Waals surface area contributed by atoms with E-state index in [1.165, 1.54) is 6.92 Å². The van der Waals surface area contributed by atoms with E-state index in [9.17, 15) is 21.6 Å². The molecule has 0 aliphatic rings. The highest BCUT2D eigenvalue weighted by atomic mass is 35.5. The van der Waals surface area contributed by atoms with Gasteiger partial charge in [-0.2, -0.15) is 13.2 Å². The summed E-state index contributed by atoms with van der Waals surface area (Å²) >= 11 is 5.41. The van der Waals surface area contributed by atoms with Crippen molar-refractivity contribution < 1.29 is 21.6 Å². The first-order valence-corrected chi connectivity index (χ1v) is 7.03. The molecule has 19 heavy (non-hydrogen) atoms. The lowest BCUT2D eigenvalue weighted by Gasteiger charge is -2.14. The smallest absolute Gasteiger partial charge is 0.329 e. The van der Waals surface area contributed by atoms with Gasteiger partial charge in [0.25, 0.3) is 0 Å². The van der Waals surface area contributed by atoms with E-state index < -0.39 is 37.7 Å². The lowest BCUT2D eigenvalue weighted by Crippen LogP contribution is -2.37. The highest BCUT2D eigenvalue weighted by molar-refractivity contribution is 7.89. The molecule has 0 unspecified atom stereocenters. The van der Waals surface area contributed by atoms with E-state index in [0.717, 1.165) is 12.1 Å². The molecule has 1 aromatic carbocycles. The summed E-state index contributed by atoms with van der Waals surface area (Å²) in [5.74, 6) is 0. The molecule has 0 bridgehead atoms. The van der Waals surface area contributed by atoms with Gasteiger partial charge in [-0.1, -0.05) is 11.6 Å². The fourth-order valence-electron chi connectivity index (χ4n) is 1.27. The van der Waals surface area contributed by atoms with Gasteiger partial charge >= 0.3 is 6.18 Å². The Morgan fingerprint density at radius 1 is 1.42 bits per heavy atom. The average molecular weight is 317 g/mol. The number of nitrogens with two attached hydrogens (primary N) is 1. The van der Waals surface area contributed by atoms with Gasteiger partial charge in [-0.25, -0.2) is 13.1 Å². The molecule has 0 spiro atoms. The first kappa shape index (κ1) is 16.2. The molecule has 1 rings (SSSR count). The predicted octanol–water partition coefficient (Wildman–Crippen LogP) is 1.98. The maximum Gasteiger partial charge on any atom is 0.417 e. The summed E-state index contributed by atoms with van der Waals surface area (Å²) in [5.41, 5.74) is 4.06. The maximum atomic E-state index is 12.6. The molecule has 0 radical (unpaired) electrons. The quantitative estimate of drug-likeness (QED) is 0.892. The van der Waals surface area contributed by atoms with E-state index in [4.69, 9.17) is 17.3 Å². The van der Waals surface area contributed by atoms with E-state index in [-0.39, 0.29) is 6.54 Å². The molecule has 108 valence electrons. The summed E-state index contributed by atoms with van der Waals surface area (Å²) in [5, 5.41) is -0.557. The second-order valence-corrected chi connectivity index (χ2v) is 6.02. The number of sulfonamides is 1. The number of nitrogens with one attached hydrogen (secondary N) is 1. The third kappa shape index (κ3) is 4.07. The van der Waals surface area contributed by atoms with Crippen molar-refractivity contribution in [2.24, 2.45) is 5.73 Å². The van der Waals surface area contributed by atoms with E-state index >= 15 is 0 Å². The van der Waals surface area contributed by atoms with Crippen molar-refractivity contribution >= 4 is 21.6 Å². The first-order valence-electron chi connectivity index (χ1n) is 5.17. The fraction of sp³-hybridized carbons (Fsp3) is 0.400. The zero-order valence-electron chi connectivity index (χ0n) is 9.83. The van der Waals surface area contributed by atoms with Crippen molar-refractivity contribution in [3.05, 3.63) is 28.8 Å². The van der Waals surface area contributed by atoms with Crippen LogP contribution in [-0.4, -0.2) is 21.0 Å². The average Bonchev–Trinajstić information content (AvgIpc) is 2.26. The SMILES string of the molecule is C[C@H](CN)NS(=O)(=O)c1ccc(Cl)c(C(F)(F)F)c1. The van der Waals surface area contributed by atoms with Crippen LogP contribution < -0.4 is 10.5 Å². The van der Waals surface area contributed by atoms with Gasteiger partial charge in [0.2, 0.25) is 10.0 Å². The summed E-state index contributed by atoms with van der Waals surface area (Å²) < 4.78 is 63.7. The predicted molar refractivity (Wildman–Crippen MR) is 65.3 cm³/mol. The van der Waals surface area contributed by atoms with Crippen LogP contribution >= 0.6 is 11.6 Å². The normalized spacial score (nSPS) is 14.4. The number of benzene rings is 1. The molecular weight excluding hydrogens is 305 g/mol. The molecule has 0 heterocycles. The molecule has 0 saturated carbocycles. The highest BCUT2D eigenvalue weighted by Crippen LogP contribution is 2.35. The summed E-state index contributed by atoms with van der Waals surface area (Å²) in [7, 11) is -4.06. The lowest BCUT2D eigenvalue weighted by atomic mass is 10.2. The maximum absolute atomic E-state index is 12.6. The van der Waals surface area contributed by atoms with Crippen LogP contribution in [0.3, 0.4) is 0 Å². The molecule has 9 heteroatoms. The van der Waals surface area contributed by atoms with Crippen LogP contribution in [0.15, 0.2) is 23.1 Å². The number of halogens is 4. The minimum Gasteiger partial charge on any atom is -0.329 e. The Balaban J connectivity index is 3.23. The van der Waals surface area contributed by atoms with Gasteiger partial charge < -0.3 is 5.73 Å². The molecule has 3 N–H and O–H groups in total. The summed E-state index contributed by atoms with van der Waals surface area (Å²) in [6, 6.07) is 1.80. The lowest BCUT2D eigenvalue weighted by molar-refractivity contribution is -0.137. The Morgan fingerprint density at radius 3 is 2.47 bits per heavy atom. The molecule has 0 aliphatic carbocycles. The van der Waals surface area contributed by atoms with Crippen molar-refractivity contribution in [2.45, 2.75) is 24.0 Å². The van der Waals surface area contributed by atoms with Crippen LogP contribution in [0.2, 0.25) is 5.02 Å². The van der Waals surface area contributed by atoms with E-state index in [2.05, 4.69) is 4.72 Å². The third-order valence-electron chi connectivity index (χ3n) is 2.26. The van der Waals surface area contributed by atoms with Crippen LogP contribution in [0, 0.1) is 0 Å². The molecule has 1 aromatic rings. The number of hydrogen-bond donors (Lipinski definition) is 2. The molecule has 0 aromatic heterocycles. The van der Waals surface area contributed by atoms with Crippen LogP contribution in [0.4, 0.5) is 13.2 Å². The van der Waals surface area contributed by atoms with Crippen molar-refractivity contribution in [1.82, 2.24) is 4.72 Å². The van der Waals surface area contributed by atoms with Gasteiger partial charge in [0.15, 0.2) is 0 Å². The second kappa shape index (κ2) is 5.66. The van der Waals surface area contributed by atoms with Crippen molar-refractivity contribution in [1.29, 1.82) is 0 Å². The molecule has 1 atom stereocenters. The minimum absolute atomic E-state index is 0.0267. The zero-order chi connectivity index (χ0) is 14.8. The molecule has 0 saturated heterocycles. The fourth-order valence-corrected chi connectivity index (χ4v) is 2.78. The topological polar surface area (TPSA) is 72.2 Å². The van der Waals surface area contributed by atoms with Gasteiger partial charge in [0, 0.05) is 12.6 Å². The van der Waals surface area contributed by atoms with Gasteiger partial charge in [-0.3, -0.25) is 0 Å². The number of rotatable bonds is 4. The van der Waals surface area contributed by atoms with Crippen molar-refractivity contribution in [3.8, 4) is 0 Å². The van der Waals surface area contributed by atoms with Crippen molar-refractivity contribution in [2.75, 3.05) is 6.54 Å². The Hall–Kier alpha value is -0.830. The standard InChI is InChI=1S/C10H12ClF3N2O2S/c1-6(5-15)16-19(17,18)7-2-3-9(11)8(4-7)10(12,13)14/h2-4,6,16H,5,15H2,1H3/t6-/m1/s1. The second-order valence-electron chi connectivity index (χ2n) is 3.90. The van der Waals surface area contributed by atoms with E-state index in [1.54, 1.807) is 0 Å². The number of alkyl halides is 3. The van der Waals surface area contributed by atoms with E-state index in [1.807, 2.05) is 0 Å². The van der Waals surface area contributed by atoms with Gasteiger partial charge in [-0.05, 0) is 25.1 Å². The van der Waals surface area contributed by atoms with Crippen LogP contribution in [0.1, 0.15) is 12.5 Å². The summed E-state index contributed by atoms with van der Waals surface area (Å²) in [6.45, 7) is 1.52. The largest absolute Gasteiger partial charge is 0.417 e. The summed E-state index contributed by atoms with van der Waals surface area (Å²) in [6.07, 6.45) is -4.72. The van der Waals surface area contributed by atoms with Crippen LogP contribution in [0.25, 0.3) is 0 Å². The molecule has 0 amide bonds. The summed E-state index contributed by atoms with van der Waals surface area (Å²) in [4.78, 5) is -0.510. The Morgan fingerprint density at radius 2 is 2.00 bits per heavy atom. The first-order chi connectivity index (χ1) is 8.58. The third-order valence-corrected chi connectivity index (χ3v) is 4.18. The zero-order valence-corrected chi connectivity index (χ0v) is 11.4. The Labute approximate surface area is 113 Å². The van der Waals surface area contributed by atoms with Gasteiger partial charge in [0.1, 0.15) is 0 Å². The molecule has 4 nitrogen and oxygen atoms in total. The van der Waals surface area contributed by atoms with Crippen LogP contribution in [-0.2, 0) is 16.2 Å². The van der Waals surface area contributed by atoms with Crippen molar-refractivity contribution in [3.63, 3.8) is 0 Å². The molecular formula is C10H12ClF3N2O2S. The minimum atomic E-state index is -4.72. The Kier molecular flexibility index (Phi) is 4.83. The van der Waals surface area contributed by atoms with E-state index in [0.29, 0.717) is 6.07 Å². The van der Waals surface area contributed by atoms with Gasteiger partial charge in [0.05, 0.1) is 15.5 Å². The number of hydrogen-bond acceptors (Lipinski definition) is 3.